The molecule has 112 valence electrons. The molecule has 1 aromatic rings. The molecule has 0 saturated carbocycles. The largest absolute Gasteiger partial charge is 0.490 e. The van der Waals surface area contributed by atoms with Crippen LogP contribution in [0.1, 0.15) is 36.5 Å². The first-order chi connectivity index (χ1) is 9.47. The third-order valence-electron chi connectivity index (χ3n) is 2.89. The summed E-state index contributed by atoms with van der Waals surface area (Å²) >= 11 is 0. The van der Waals surface area contributed by atoms with Gasteiger partial charge in [0.2, 0.25) is 5.82 Å². The Morgan fingerprint density at radius 2 is 1.95 bits per heavy atom. The quantitative estimate of drug-likeness (QED) is 0.542. The maximum absolute atomic E-state index is 13.9. The number of ketones is 1. The minimum Gasteiger partial charge on any atom is -0.490 e. The first-order valence-corrected chi connectivity index (χ1v) is 6.76. The van der Waals surface area contributed by atoms with Crippen molar-refractivity contribution in [3.63, 3.8) is 0 Å². The topological polar surface area (TPSA) is 29.5 Å². The number of hydrogen-bond donors (Lipinski definition) is 0. The molecule has 0 aliphatic rings. The number of ether oxygens (including phenoxy) is 1. The van der Waals surface area contributed by atoms with Crippen LogP contribution in [-0.2, 0) is 0 Å². The molecule has 5 heteroatoms. The summed E-state index contributed by atoms with van der Waals surface area (Å²) in [6.45, 7) is 2.81. The Labute approximate surface area is 118 Å². The summed E-state index contributed by atoms with van der Waals surface area (Å²) in [7, 11) is 3.63. The van der Waals surface area contributed by atoms with Gasteiger partial charge >= 0.3 is 0 Å². The Hall–Kier alpha value is -1.49. The van der Waals surface area contributed by atoms with Crippen molar-refractivity contribution in [1.29, 1.82) is 0 Å². The summed E-state index contributed by atoms with van der Waals surface area (Å²) in [4.78, 5) is 13.6. The molecule has 0 unspecified atom stereocenters. The Morgan fingerprint density at radius 3 is 2.55 bits per heavy atom. The van der Waals surface area contributed by atoms with Crippen molar-refractivity contribution in [2.24, 2.45) is 0 Å². The SMILES string of the molecule is CCCCOc1ccc(C(=O)CCN(C)C)c(F)c1F. The Bertz CT molecular complexity index is 461. The molecule has 0 saturated heterocycles. The van der Waals surface area contributed by atoms with E-state index < -0.39 is 17.4 Å². The van der Waals surface area contributed by atoms with Crippen LogP contribution in [0.2, 0.25) is 0 Å². The van der Waals surface area contributed by atoms with Crippen molar-refractivity contribution in [3.8, 4) is 5.75 Å². The van der Waals surface area contributed by atoms with Crippen molar-refractivity contribution in [2.45, 2.75) is 26.2 Å². The highest BCUT2D eigenvalue weighted by molar-refractivity contribution is 5.96. The van der Waals surface area contributed by atoms with E-state index in [-0.39, 0.29) is 17.7 Å². The van der Waals surface area contributed by atoms with Crippen LogP contribution in [0.3, 0.4) is 0 Å². The second-order valence-corrected chi connectivity index (χ2v) is 4.92. The highest BCUT2D eigenvalue weighted by Crippen LogP contribution is 2.24. The van der Waals surface area contributed by atoms with Gasteiger partial charge in [-0.1, -0.05) is 13.3 Å². The number of rotatable bonds is 8. The lowest BCUT2D eigenvalue weighted by Crippen LogP contribution is -2.17. The van der Waals surface area contributed by atoms with Gasteiger partial charge in [0.15, 0.2) is 17.3 Å². The van der Waals surface area contributed by atoms with Crippen LogP contribution >= 0.6 is 0 Å². The van der Waals surface area contributed by atoms with Crippen LogP contribution in [0.25, 0.3) is 0 Å². The van der Waals surface area contributed by atoms with Crippen LogP contribution in [0.5, 0.6) is 5.75 Å². The molecule has 0 heterocycles. The summed E-state index contributed by atoms with van der Waals surface area (Å²) < 4.78 is 32.8. The zero-order valence-electron chi connectivity index (χ0n) is 12.2. The highest BCUT2D eigenvalue weighted by atomic mass is 19.2. The van der Waals surface area contributed by atoms with Gasteiger partial charge in [-0.05, 0) is 32.6 Å². The molecule has 0 fully saturated rings. The molecule has 1 aromatic carbocycles. The Kier molecular flexibility index (Phi) is 6.58. The Balaban J connectivity index is 2.80. The number of carbonyl (C=O) groups excluding carboxylic acids is 1. The van der Waals surface area contributed by atoms with Crippen molar-refractivity contribution in [2.75, 3.05) is 27.2 Å². The first-order valence-electron chi connectivity index (χ1n) is 6.76. The molecule has 0 amide bonds. The second-order valence-electron chi connectivity index (χ2n) is 4.92. The van der Waals surface area contributed by atoms with Crippen molar-refractivity contribution in [1.82, 2.24) is 4.90 Å². The van der Waals surface area contributed by atoms with Crippen molar-refractivity contribution >= 4 is 5.78 Å². The van der Waals surface area contributed by atoms with E-state index >= 15 is 0 Å². The molecular weight excluding hydrogens is 264 g/mol. The molecule has 0 aliphatic carbocycles. The average molecular weight is 285 g/mol. The predicted octanol–water partition coefficient (Wildman–Crippen LogP) is 3.28. The molecule has 0 atom stereocenters. The number of halogens is 2. The van der Waals surface area contributed by atoms with Crippen molar-refractivity contribution in [3.05, 3.63) is 29.3 Å². The molecule has 0 aliphatic heterocycles. The van der Waals surface area contributed by atoms with Crippen LogP contribution in [0.4, 0.5) is 8.78 Å². The fourth-order valence-corrected chi connectivity index (χ4v) is 1.64. The van der Waals surface area contributed by atoms with E-state index in [0.717, 1.165) is 12.8 Å². The zero-order valence-corrected chi connectivity index (χ0v) is 12.2. The van der Waals surface area contributed by atoms with E-state index in [2.05, 4.69) is 0 Å². The normalized spacial score (nSPS) is 10.9. The van der Waals surface area contributed by atoms with E-state index in [1.165, 1.54) is 12.1 Å². The Morgan fingerprint density at radius 1 is 1.25 bits per heavy atom. The van der Waals surface area contributed by atoms with Crippen LogP contribution in [0, 0.1) is 11.6 Å². The highest BCUT2D eigenvalue weighted by Gasteiger charge is 2.19. The molecule has 20 heavy (non-hydrogen) atoms. The molecule has 0 radical (unpaired) electrons. The van der Waals surface area contributed by atoms with Gasteiger partial charge < -0.3 is 9.64 Å². The third kappa shape index (κ3) is 4.56. The molecule has 3 nitrogen and oxygen atoms in total. The van der Waals surface area contributed by atoms with Gasteiger partial charge in [0.25, 0.3) is 0 Å². The van der Waals surface area contributed by atoms with Crippen LogP contribution < -0.4 is 4.74 Å². The van der Waals surface area contributed by atoms with Gasteiger partial charge in [0.1, 0.15) is 0 Å². The average Bonchev–Trinajstić information content (AvgIpc) is 2.41. The summed E-state index contributed by atoms with van der Waals surface area (Å²) in [5, 5.41) is 0. The fourth-order valence-electron chi connectivity index (χ4n) is 1.64. The monoisotopic (exact) mass is 285 g/mol. The lowest BCUT2D eigenvalue weighted by atomic mass is 10.1. The molecular formula is C15H21F2NO2. The summed E-state index contributed by atoms with van der Waals surface area (Å²) in [6.07, 6.45) is 1.83. The number of benzene rings is 1. The molecule has 0 aromatic heterocycles. The summed E-state index contributed by atoms with van der Waals surface area (Å²) in [5.74, 6) is -2.75. The second kappa shape index (κ2) is 7.94. The minimum atomic E-state index is -1.12. The van der Waals surface area contributed by atoms with Crippen LogP contribution in [0.15, 0.2) is 12.1 Å². The summed E-state index contributed by atoms with van der Waals surface area (Å²) in [6, 6.07) is 2.61. The minimum absolute atomic E-state index is 0.139. The van der Waals surface area contributed by atoms with Gasteiger partial charge in [-0.3, -0.25) is 4.79 Å². The number of carbonyl (C=O) groups is 1. The molecule has 0 N–H and O–H groups in total. The van der Waals surface area contributed by atoms with E-state index in [0.29, 0.717) is 13.2 Å². The fraction of sp³-hybridized carbons (Fsp3) is 0.533. The number of unbranched alkanes of at least 4 members (excludes halogenated alkanes) is 1. The predicted molar refractivity (Wildman–Crippen MR) is 74.3 cm³/mol. The summed E-state index contributed by atoms with van der Waals surface area (Å²) in [5.41, 5.74) is -0.216. The smallest absolute Gasteiger partial charge is 0.201 e. The van der Waals surface area contributed by atoms with Crippen LogP contribution in [-0.4, -0.2) is 37.9 Å². The van der Waals surface area contributed by atoms with E-state index in [1.807, 2.05) is 25.9 Å². The molecule has 1 rings (SSSR count). The van der Waals surface area contributed by atoms with Gasteiger partial charge in [-0.2, -0.15) is 4.39 Å². The maximum atomic E-state index is 13.9. The number of Topliss-reactive ketones (excluding diaryl/α,β-unsaturated/α-hetero) is 1. The standard InChI is InChI=1S/C15H21F2NO2/c1-4-5-10-20-13-7-6-11(14(16)15(13)17)12(19)8-9-18(2)3/h6-7H,4-5,8-10H2,1-3H3. The van der Waals surface area contributed by atoms with E-state index in [4.69, 9.17) is 4.74 Å². The molecule has 0 bridgehead atoms. The van der Waals surface area contributed by atoms with Gasteiger partial charge in [0, 0.05) is 13.0 Å². The first kappa shape index (κ1) is 16.6. The zero-order chi connectivity index (χ0) is 15.1. The number of hydrogen-bond acceptors (Lipinski definition) is 3. The number of nitrogens with zero attached hydrogens (tertiary/aromatic N) is 1. The van der Waals surface area contributed by atoms with E-state index in [9.17, 15) is 13.6 Å². The molecule has 0 spiro atoms. The lowest BCUT2D eigenvalue weighted by molar-refractivity contribution is 0.0967. The van der Waals surface area contributed by atoms with Gasteiger partial charge in [-0.15, -0.1) is 0 Å². The van der Waals surface area contributed by atoms with Crippen molar-refractivity contribution < 1.29 is 18.3 Å². The van der Waals surface area contributed by atoms with Gasteiger partial charge in [-0.25, -0.2) is 4.39 Å². The lowest BCUT2D eigenvalue weighted by Gasteiger charge is -2.11. The van der Waals surface area contributed by atoms with E-state index in [1.54, 1.807) is 0 Å². The maximum Gasteiger partial charge on any atom is 0.201 e. The van der Waals surface area contributed by atoms with Gasteiger partial charge in [0.05, 0.1) is 12.2 Å². The third-order valence-corrected chi connectivity index (χ3v) is 2.89.